The topological polar surface area (TPSA) is 84.9 Å². The molecule has 0 aromatic rings. The summed E-state index contributed by atoms with van der Waals surface area (Å²) in [5, 5.41) is 15.4. The second-order valence-corrected chi connectivity index (χ2v) is 9.69. The summed E-state index contributed by atoms with van der Waals surface area (Å²) in [4.78, 5) is 17.8. The van der Waals surface area contributed by atoms with Gasteiger partial charge in [0.1, 0.15) is 12.4 Å². The number of carbonyl (C=O) groups excluding carboxylic acids is 1. The van der Waals surface area contributed by atoms with Crippen LogP contribution in [0.15, 0.2) is 5.16 Å². The number of fused-ring (bicyclic) bond motifs is 5. The number of nitrogens with two attached hydrogens (primary N) is 1. The SMILES string of the molecule is C[C@]12CCC(=NOCCN)CC1[C@H](O)C[C@@H]1[C@@H]2CC[C@]2(C)C(=O)CC[C@@H]12. The van der Waals surface area contributed by atoms with Gasteiger partial charge in [-0.2, -0.15) is 0 Å². The largest absolute Gasteiger partial charge is 0.395 e. The molecule has 7 atom stereocenters. The Balaban J connectivity index is 1.56. The van der Waals surface area contributed by atoms with E-state index in [2.05, 4.69) is 19.0 Å². The molecule has 4 rings (SSSR count). The lowest BCUT2D eigenvalue weighted by atomic mass is 9.44. The number of carbonyl (C=O) groups is 1. The average molecular weight is 363 g/mol. The number of oxime groups is 1. The fourth-order valence-corrected chi connectivity index (χ4v) is 7.15. The minimum Gasteiger partial charge on any atom is -0.395 e. The van der Waals surface area contributed by atoms with Crippen molar-refractivity contribution >= 4 is 11.5 Å². The monoisotopic (exact) mass is 362 g/mol. The van der Waals surface area contributed by atoms with Crippen LogP contribution in [0, 0.1) is 34.5 Å². The second-order valence-electron chi connectivity index (χ2n) is 9.69. The van der Waals surface area contributed by atoms with Crippen molar-refractivity contribution in [1.29, 1.82) is 0 Å². The number of hydrogen-bond donors (Lipinski definition) is 2. The summed E-state index contributed by atoms with van der Waals surface area (Å²) in [5.74, 6) is 2.34. The molecule has 4 aliphatic carbocycles. The molecule has 4 aliphatic rings. The van der Waals surface area contributed by atoms with Gasteiger partial charge in [0, 0.05) is 18.4 Å². The zero-order chi connectivity index (χ0) is 18.5. The van der Waals surface area contributed by atoms with Crippen LogP contribution in [0.5, 0.6) is 0 Å². The average Bonchev–Trinajstić information content (AvgIpc) is 2.92. The fraction of sp³-hybridized carbons (Fsp3) is 0.905. The van der Waals surface area contributed by atoms with E-state index in [4.69, 9.17) is 10.6 Å². The van der Waals surface area contributed by atoms with Gasteiger partial charge < -0.3 is 15.7 Å². The summed E-state index contributed by atoms with van der Waals surface area (Å²) in [6, 6.07) is 0. The van der Waals surface area contributed by atoms with Gasteiger partial charge in [-0.25, -0.2) is 0 Å². The quantitative estimate of drug-likeness (QED) is 0.597. The smallest absolute Gasteiger partial charge is 0.139 e. The highest BCUT2D eigenvalue weighted by atomic mass is 16.6. The summed E-state index contributed by atoms with van der Waals surface area (Å²) in [6.07, 6.45) is 7.38. The van der Waals surface area contributed by atoms with Gasteiger partial charge in [0.05, 0.1) is 11.8 Å². The van der Waals surface area contributed by atoms with Crippen LogP contribution in [-0.2, 0) is 9.63 Å². The Hall–Kier alpha value is -0.940. The number of rotatable bonds is 3. The van der Waals surface area contributed by atoms with Gasteiger partial charge in [0.15, 0.2) is 0 Å². The molecule has 1 unspecified atom stereocenters. The van der Waals surface area contributed by atoms with Crippen molar-refractivity contribution in [2.45, 2.75) is 71.3 Å². The highest BCUT2D eigenvalue weighted by Crippen LogP contribution is 2.65. The molecular formula is C21H34N2O3. The zero-order valence-corrected chi connectivity index (χ0v) is 16.2. The number of ketones is 1. The number of hydrogen-bond acceptors (Lipinski definition) is 5. The van der Waals surface area contributed by atoms with E-state index in [9.17, 15) is 9.90 Å². The van der Waals surface area contributed by atoms with Gasteiger partial charge in [0.25, 0.3) is 0 Å². The van der Waals surface area contributed by atoms with Crippen LogP contribution in [0.3, 0.4) is 0 Å². The third kappa shape index (κ3) is 2.65. The molecule has 5 nitrogen and oxygen atoms in total. The molecule has 0 aromatic carbocycles. The molecule has 4 saturated carbocycles. The van der Waals surface area contributed by atoms with E-state index >= 15 is 0 Å². The van der Waals surface area contributed by atoms with Gasteiger partial charge in [-0.1, -0.05) is 19.0 Å². The highest BCUT2D eigenvalue weighted by Gasteiger charge is 2.61. The molecule has 0 amide bonds. The zero-order valence-electron chi connectivity index (χ0n) is 16.2. The van der Waals surface area contributed by atoms with Crippen LogP contribution in [0.4, 0.5) is 0 Å². The van der Waals surface area contributed by atoms with Gasteiger partial charge >= 0.3 is 0 Å². The predicted octanol–water partition coefficient (Wildman–Crippen LogP) is 2.90. The van der Waals surface area contributed by atoms with Crippen molar-refractivity contribution < 1.29 is 14.7 Å². The number of aliphatic hydroxyl groups excluding tert-OH is 1. The van der Waals surface area contributed by atoms with E-state index in [0.717, 1.165) is 57.1 Å². The first-order chi connectivity index (χ1) is 12.4. The lowest BCUT2D eigenvalue weighted by Gasteiger charge is -2.60. The van der Waals surface area contributed by atoms with Crippen LogP contribution in [0.2, 0.25) is 0 Å². The van der Waals surface area contributed by atoms with Crippen LogP contribution in [0.25, 0.3) is 0 Å². The van der Waals surface area contributed by atoms with E-state index < -0.39 is 0 Å². The Bertz CT molecular complexity index is 606. The van der Waals surface area contributed by atoms with E-state index in [1.807, 2.05) is 0 Å². The van der Waals surface area contributed by atoms with Crippen molar-refractivity contribution in [1.82, 2.24) is 0 Å². The Morgan fingerprint density at radius 3 is 2.77 bits per heavy atom. The Morgan fingerprint density at radius 1 is 1.19 bits per heavy atom. The molecule has 0 radical (unpaired) electrons. The maximum atomic E-state index is 12.5. The third-order valence-corrected chi connectivity index (χ3v) is 8.63. The molecule has 0 saturated heterocycles. The third-order valence-electron chi connectivity index (χ3n) is 8.63. The highest BCUT2D eigenvalue weighted by molar-refractivity contribution is 5.87. The molecule has 0 bridgehead atoms. The van der Waals surface area contributed by atoms with Gasteiger partial charge in [-0.15, -0.1) is 0 Å². The van der Waals surface area contributed by atoms with Crippen LogP contribution in [0.1, 0.15) is 65.2 Å². The molecule has 26 heavy (non-hydrogen) atoms. The van der Waals surface area contributed by atoms with Crippen molar-refractivity contribution in [3.8, 4) is 0 Å². The molecule has 3 N–H and O–H groups in total. The molecule has 0 aliphatic heterocycles. The standard InChI is InChI=1S/C21H34N2O3/c1-20-7-5-13(23-26-10-9-22)11-17(20)18(24)12-14-15-3-4-19(25)21(15,2)8-6-16(14)20/h14-18,24H,3-12,22H2,1-2H3/t14-,15-,16-,17?,18+,20+,21-/m0/s1. The normalized spacial score (nSPS) is 49.5. The lowest BCUT2D eigenvalue weighted by Crippen LogP contribution is -2.57. The van der Waals surface area contributed by atoms with Gasteiger partial charge in [-0.05, 0) is 74.0 Å². The first-order valence-electron chi connectivity index (χ1n) is 10.5. The molecule has 4 fully saturated rings. The summed E-state index contributed by atoms with van der Waals surface area (Å²) in [5.41, 5.74) is 6.58. The van der Waals surface area contributed by atoms with Crippen LogP contribution >= 0.6 is 0 Å². The Kier molecular flexibility index (Phi) is 4.67. The number of Topliss-reactive ketones (excluding diaryl/α,β-unsaturated/α-hetero) is 1. The molecule has 0 spiro atoms. The number of aliphatic hydroxyl groups is 1. The van der Waals surface area contributed by atoms with Crippen molar-refractivity contribution in [2.24, 2.45) is 45.4 Å². The second kappa shape index (κ2) is 6.59. The molecular weight excluding hydrogens is 328 g/mol. The maximum Gasteiger partial charge on any atom is 0.139 e. The van der Waals surface area contributed by atoms with E-state index in [1.54, 1.807) is 0 Å². The van der Waals surface area contributed by atoms with Crippen molar-refractivity contribution in [3.63, 3.8) is 0 Å². The first kappa shape index (κ1) is 18.4. The first-order valence-corrected chi connectivity index (χ1v) is 10.5. The van der Waals surface area contributed by atoms with E-state index in [0.29, 0.717) is 36.7 Å². The molecule has 146 valence electrons. The molecule has 5 heteroatoms. The minimum atomic E-state index is -0.292. The number of nitrogens with zero attached hydrogens (tertiary/aromatic N) is 1. The lowest BCUT2D eigenvalue weighted by molar-refractivity contribution is -0.153. The van der Waals surface area contributed by atoms with Crippen molar-refractivity contribution in [3.05, 3.63) is 0 Å². The molecule has 0 heterocycles. The van der Waals surface area contributed by atoms with Gasteiger partial charge in [0.2, 0.25) is 0 Å². The Morgan fingerprint density at radius 2 is 2.00 bits per heavy atom. The van der Waals surface area contributed by atoms with Gasteiger partial charge in [-0.3, -0.25) is 4.79 Å². The summed E-state index contributed by atoms with van der Waals surface area (Å²) in [7, 11) is 0. The van der Waals surface area contributed by atoms with Crippen LogP contribution < -0.4 is 5.73 Å². The minimum absolute atomic E-state index is 0.124. The van der Waals surface area contributed by atoms with Crippen LogP contribution in [-0.4, -0.2) is 35.9 Å². The van der Waals surface area contributed by atoms with Crippen molar-refractivity contribution in [2.75, 3.05) is 13.2 Å². The maximum absolute atomic E-state index is 12.5. The summed E-state index contributed by atoms with van der Waals surface area (Å²) in [6.45, 7) is 5.52. The predicted molar refractivity (Wildman–Crippen MR) is 101 cm³/mol. The summed E-state index contributed by atoms with van der Waals surface area (Å²) >= 11 is 0. The van der Waals surface area contributed by atoms with E-state index in [1.165, 1.54) is 0 Å². The fourth-order valence-electron chi connectivity index (χ4n) is 7.15. The Labute approximate surface area is 156 Å². The molecule has 0 aromatic heterocycles. The van der Waals surface area contributed by atoms with E-state index in [-0.39, 0.29) is 22.9 Å². The summed E-state index contributed by atoms with van der Waals surface area (Å²) < 4.78 is 0.